The average Bonchev–Trinajstić information content (AvgIpc) is 2.78. The largest absolute Gasteiger partial charge is 0.486 e. The zero-order chi connectivity index (χ0) is 21.1. The molecule has 1 aromatic carbocycles. The minimum absolute atomic E-state index is 0.0178. The van der Waals surface area contributed by atoms with E-state index < -0.39 is 0 Å². The fraction of sp³-hybridized carbons (Fsp3) is 0.636. The van der Waals surface area contributed by atoms with Crippen LogP contribution >= 0.6 is 0 Å². The normalized spacial score (nSPS) is 21.9. The van der Waals surface area contributed by atoms with E-state index in [1.165, 1.54) is 0 Å². The van der Waals surface area contributed by atoms with Crippen molar-refractivity contribution in [2.75, 3.05) is 58.8 Å². The minimum Gasteiger partial charge on any atom is -0.486 e. The molecule has 3 amide bonds. The number of rotatable bonds is 3. The van der Waals surface area contributed by atoms with Gasteiger partial charge in [-0.1, -0.05) is 0 Å². The highest BCUT2D eigenvalue weighted by molar-refractivity contribution is 5.80. The van der Waals surface area contributed by atoms with Crippen molar-refractivity contribution in [3.63, 3.8) is 0 Å². The monoisotopic (exact) mass is 416 g/mol. The van der Waals surface area contributed by atoms with Crippen LogP contribution < -0.4 is 14.8 Å². The van der Waals surface area contributed by atoms with Crippen molar-refractivity contribution in [2.24, 2.45) is 5.92 Å². The average molecular weight is 417 g/mol. The summed E-state index contributed by atoms with van der Waals surface area (Å²) in [4.78, 5) is 30.7. The van der Waals surface area contributed by atoms with Crippen molar-refractivity contribution in [3.8, 4) is 11.5 Å². The number of urea groups is 1. The van der Waals surface area contributed by atoms with Crippen LogP contribution in [0.25, 0.3) is 0 Å². The summed E-state index contributed by atoms with van der Waals surface area (Å²) in [5.41, 5.74) is 0.994. The molecular weight excluding hydrogens is 384 g/mol. The Morgan fingerprint density at radius 2 is 1.73 bits per heavy atom. The van der Waals surface area contributed by atoms with Gasteiger partial charge >= 0.3 is 6.03 Å². The third kappa shape index (κ3) is 4.57. The van der Waals surface area contributed by atoms with Crippen LogP contribution in [0.3, 0.4) is 0 Å². The van der Waals surface area contributed by atoms with Crippen LogP contribution in [0.2, 0.25) is 0 Å². The molecule has 1 N–H and O–H groups in total. The second kappa shape index (κ2) is 9.02. The van der Waals surface area contributed by atoms with Gasteiger partial charge in [-0.2, -0.15) is 0 Å². The van der Waals surface area contributed by atoms with Crippen LogP contribution in [0.4, 0.5) is 10.5 Å². The molecule has 1 aromatic rings. The van der Waals surface area contributed by atoms with Crippen LogP contribution in [0, 0.1) is 5.92 Å². The number of hydrogen-bond acceptors (Lipinski definition) is 5. The van der Waals surface area contributed by atoms with Crippen LogP contribution in [0.15, 0.2) is 18.2 Å². The number of amides is 3. The lowest BCUT2D eigenvalue weighted by molar-refractivity contribution is -0.138. The number of likely N-dealkylation sites (tertiary alicyclic amines) is 2. The summed E-state index contributed by atoms with van der Waals surface area (Å²) in [6, 6.07) is 6.17. The van der Waals surface area contributed by atoms with E-state index in [0.29, 0.717) is 32.8 Å². The molecule has 8 heteroatoms. The molecule has 4 rings (SSSR count). The van der Waals surface area contributed by atoms with Gasteiger partial charge in [-0.05, 0) is 37.8 Å². The van der Waals surface area contributed by atoms with Gasteiger partial charge < -0.3 is 29.5 Å². The number of nitrogens with one attached hydrogen (secondary N) is 1. The smallest absolute Gasteiger partial charge is 0.319 e. The first-order valence-corrected chi connectivity index (χ1v) is 10.9. The zero-order valence-electron chi connectivity index (χ0n) is 17.9. The topological polar surface area (TPSA) is 74.4 Å². The molecule has 0 aliphatic carbocycles. The Morgan fingerprint density at radius 3 is 2.47 bits per heavy atom. The van der Waals surface area contributed by atoms with Gasteiger partial charge in [-0.15, -0.1) is 0 Å². The second-order valence-corrected chi connectivity index (χ2v) is 8.56. The van der Waals surface area contributed by atoms with Crippen LogP contribution in [-0.4, -0.2) is 86.2 Å². The fourth-order valence-corrected chi connectivity index (χ4v) is 4.52. The van der Waals surface area contributed by atoms with Gasteiger partial charge in [0.1, 0.15) is 13.2 Å². The molecule has 0 spiro atoms. The predicted octanol–water partition coefficient (Wildman–Crippen LogP) is 2.25. The number of anilines is 1. The quantitative estimate of drug-likeness (QED) is 0.818. The van der Waals surface area contributed by atoms with E-state index in [4.69, 9.17) is 9.47 Å². The fourth-order valence-electron chi connectivity index (χ4n) is 4.52. The van der Waals surface area contributed by atoms with Gasteiger partial charge in [0.25, 0.3) is 0 Å². The molecule has 0 bridgehead atoms. The number of carbonyl (C=O) groups is 2. The van der Waals surface area contributed by atoms with E-state index in [-0.39, 0.29) is 23.9 Å². The maximum atomic E-state index is 13.1. The number of carbonyl (C=O) groups excluding carboxylic acids is 2. The molecule has 0 aromatic heterocycles. The summed E-state index contributed by atoms with van der Waals surface area (Å²) in [5, 5.41) is 3.57. The molecule has 164 valence electrons. The Bertz CT molecular complexity index is 776. The molecule has 0 saturated carbocycles. The lowest BCUT2D eigenvalue weighted by Crippen LogP contribution is -2.50. The first-order valence-electron chi connectivity index (χ1n) is 10.9. The predicted molar refractivity (Wildman–Crippen MR) is 114 cm³/mol. The van der Waals surface area contributed by atoms with Crippen molar-refractivity contribution in [2.45, 2.75) is 31.7 Å². The second-order valence-electron chi connectivity index (χ2n) is 8.56. The van der Waals surface area contributed by atoms with E-state index >= 15 is 0 Å². The third-order valence-electron chi connectivity index (χ3n) is 6.14. The van der Waals surface area contributed by atoms with Crippen LogP contribution in [0.5, 0.6) is 11.5 Å². The summed E-state index contributed by atoms with van der Waals surface area (Å²) in [6.07, 6.45) is 3.52. The number of nitrogens with zero attached hydrogens (tertiary/aromatic N) is 3. The Labute approximate surface area is 178 Å². The molecule has 2 saturated heterocycles. The number of ether oxygens (including phenoxy) is 2. The zero-order valence-corrected chi connectivity index (χ0v) is 17.9. The van der Waals surface area contributed by atoms with E-state index in [2.05, 4.69) is 5.32 Å². The Balaban J connectivity index is 1.31. The van der Waals surface area contributed by atoms with Gasteiger partial charge in [0.15, 0.2) is 11.5 Å². The summed E-state index contributed by atoms with van der Waals surface area (Å²) in [5.74, 6) is 1.81. The van der Waals surface area contributed by atoms with Gasteiger partial charge in [-0.25, -0.2) is 4.79 Å². The van der Waals surface area contributed by atoms with Crippen molar-refractivity contribution in [3.05, 3.63) is 18.2 Å². The summed E-state index contributed by atoms with van der Waals surface area (Å²) >= 11 is 0. The third-order valence-corrected chi connectivity index (χ3v) is 6.14. The highest BCUT2D eigenvalue weighted by atomic mass is 16.6. The molecule has 1 unspecified atom stereocenters. The van der Waals surface area contributed by atoms with Crippen molar-refractivity contribution < 1.29 is 19.1 Å². The Hall–Kier alpha value is -2.64. The number of piperidine rings is 2. The lowest BCUT2D eigenvalue weighted by Gasteiger charge is -2.38. The molecule has 0 radical (unpaired) electrons. The van der Waals surface area contributed by atoms with E-state index in [1.807, 2.05) is 28.0 Å². The van der Waals surface area contributed by atoms with Crippen molar-refractivity contribution in [1.82, 2.24) is 14.7 Å². The van der Waals surface area contributed by atoms with Crippen molar-refractivity contribution in [1.29, 1.82) is 0 Å². The molecule has 30 heavy (non-hydrogen) atoms. The van der Waals surface area contributed by atoms with Crippen LogP contribution in [-0.2, 0) is 4.79 Å². The highest BCUT2D eigenvalue weighted by Crippen LogP contribution is 2.33. The molecule has 3 heterocycles. The minimum atomic E-state index is 0.0178. The van der Waals surface area contributed by atoms with Gasteiger partial charge in [0.05, 0.1) is 0 Å². The summed E-state index contributed by atoms with van der Waals surface area (Å²) in [7, 11) is 3.53. The summed E-state index contributed by atoms with van der Waals surface area (Å²) in [6.45, 7) is 3.99. The first-order chi connectivity index (χ1) is 14.5. The Morgan fingerprint density at radius 1 is 1.00 bits per heavy atom. The summed E-state index contributed by atoms with van der Waals surface area (Å²) < 4.78 is 11.3. The van der Waals surface area contributed by atoms with Gasteiger partial charge in [0.2, 0.25) is 5.91 Å². The van der Waals surface area contributed by atoms with E-state index in [0.717, 1.165) is 49.4 Å². The van der Waals surface area contributed by atoms with Gasteiger partial charge in [-0.3, -0.25) is 4.79 Å². The lowest BCUT2D eigenvalue weighted by atomic mass is 9.94. The maximum absolute atomic E-state index is 13.1. The SMILES string of the molecule is CN(C)C(=O)N1CCC(C(=O)N2CCCC(Nc3ccc4c(c3)OCCO4)C2)CC1. The Kier molecular flexibility index (Phi) is 6.20. The van der Waals surface area contributed by atoms with E-state index in [1.54, 1.807) is 19.0 Å². The van der Waals surface area contributed by atoms with Crippen molar-refractivity contribution >= 4 is 17.6 Å². The number of hydrogen-bond donors (Lipinski definition) is 1. The standard InChI is InChI=1S/C22H32N4O4/c1-24(2)22(28)25-10-7-16(8-11-25)21(27)26-9-3-4-18(15-26)23-17-5-6-19-20(14-17)30-13-12-29-19/h5-6,14,16,18,23H,3-4,7-13,15H2,1-2H3. The molecule has 3 aliphatic rings. The number of benzene rings is 1. The highest BCUT2D eigenvalue weighted by Gasteiger charge is 2.33. The first kappa shape index (κ1) is 20.6. The molecule has 2 fully saturated rings. The van der Waals surface area contributed by atoms with Gasteiger partial charge in [0, 0.05) is 64.0 Å². The molecular formula is C22H32N4O4. The molecule has 8 nitrogen and oxygen atoms in total. The maximum Gasteiger partial charge on any atom is 0.319 e. The molecule has 1 atom stereocenters. The van der Waals surface area contributed by atoms with Crippen LogP contribution in [0.1, 0.15) is 25.7 Å². The number of fused-ring (bicyclic) bond motifs is 1. The molecule has 3 aliphatic heterocycles. The van der Waals surface area contributed by atoms with E-state index in [9.17, 15) is 9.59 Å².